The number of carbonyl (C=O) groups excluding carboxylic acids is 1. The van der Waals surface area contributed by atoms with Gasteiger partial charge in [0.25, 0.3) is 0 Å². The molecule has 0 amide bonds. The molecule has 0 unspecified atom stereocenters. The molecule has 8 heteroatoms. The monoisotopic (exact) mass is 454 g/mol. The number of carbonyl (C=O) groups is 2. The number of carboxylic acid groups (broad SMARTS) is 1. The van der Waals surface area contributed by atoms with Gasteiger partial charge in [-0.3, -0.25) is 9.59 Å². The zero-order valence-electron chi connectivity index (χ0n) is 19.4. The zero-order valence-corrected chi connectivity index (χ0v) is 19.4. The second kappa shape index (κ2) is 11.4. The molecule has 0 saturated heterocycles. The minimum atomic E-state index is -1.10. The van der Waals surface area contributed by atoms with E-state index in [1.807, 2.05) is 6.08 Å². The highest BCUT2D eigenvalue weighted by Gasteiger charge is 2.43. The zero-order chi connectivity index (χ0) is 24.1. The molecule has 182 valence electrons. The molecule has 2 aliphatic rings. The van der Waals surface area contributed by atoms with Crippen molar-refractivity contribution in [2.45, 2.75) is 77.3 Å². The average Bonchev–Trinajstić information content (AvgIpc) is 2.66. The number of aliphatic hydroxyl groups is 3. The summed E-state index contributed by atoms with van der Waals surface area (Å²) in [4.78, 5) is 23.6. The number of fused-ring (bicyclic) bond motifs is 1. The lowest BCUT2D eigenvalue weighted by atomic mass is 9.66. The highest BCUT2D eigenvalue weighted by Crippen LogP contribution is 2.44. The molecule has 0 heterocycles. The molecule has 0 radical (unpaired) electrons. The van der Waals surface area contributed by atoms with Gasteiger partial charge in [0.15, 0.2) is 0 Å². The van der Waals surface area contributed by atoms with Crippen LogP contribution in [0.3, 0.4) is 0 Å². The molecule has 0 aliphatic heterocycles. The highest BCUT2D eigenvalue weighted by molar-refractivity contribution is 5.76. The van der Waals surface area contributed by atoms with E-state index in [9.17, 15) is 24.9 Å². The van der Waals surface area contributed by atoms with Crippen LogP contribution in [-0.4, -0.2) is 70.5 Å². The van der Waals surface area contributed by atoms with Gasteiger partial charge >= 0.3 is 11.9 Å². The van der Waals surface area contributed by atoms with Gasteiger partial charge in [-0.1, -0.05) is 25.2 Å². The van der Waals surface area contributed by atoms with Crippen molar-refractivity contribution in [3.63, 3.8) is 0 Å². The van der Waals surface area contributed by atoms with Crippen molar-refractivity contribution in [2.24, 2.45) is 23.2 Å². The smallest absolute Gasteiger partial charge is 0.314 e. The van der Waals surface area contributed by atoms with E-state index in [2.05, 4.69) is 13.0 Å². The lowest BCUT2D eigenvalue weighted by Crippen LogP contribution is -2.44. The van der Waals surface area contributed by atoms with Crippen LogP contribution in [0.25, 0.3) is 0 Å². The Morgan fingerprint density at radius 2 is 1.94 bits per heavy atom. The Morgan fingerprint density at radius 1 is 1.25 bits per heavy atom. The molecule has 32 heavy (non-hydrogen) atoms. The molecule has 0 saturated carbocycles. The van der Waals surface area contributed by atoms with Crippen molar-refractivity contribution in [3.05, 3.63) is 23.8 Å². The molecule has 2 aliphatic carbocycles. The molecule has 2 rings (SSSR count). The van der Waals surface area contributed by atoms with Crippen molar-refractivity contribution in [1.82, 2.24) is 0 Å². The molecule has 7 atom stereocenters. The van der Waals surface area contributed by atoms with E-state index in [4.69, 9.17) is 14.6 Å². The normalized spacial score (nSPS) is 29.6. The van der Waals surface area contributed by atoms with Crippen LogP contribution in [0.15, 0.2) is 23.8 Å². The molecular weight excluding hydrogens is 416 g/mol. The van der Waals surface area contributed by atoms with Gasteiger partial charge < -0.3 is 29.9 Å². The number of carboxylic acids is 1. The molecule has 0 fully saturated rings. The Hall–Kier alpha value is -1.74. The first-order valence-electron chi connectivity index (χ1n) is 11.3. The van der Waals surface area contributed by atoms with Crippen molar-refractivity contribution in [1.29, 1.82) is 0 Å². The molecule has 0 spiro atoms. The molecule has 8 nitrogen and oxygen atoms in total. The second-order valence-corrected chi connectivity index (χ2v) is 9.86. The lowest BCUT2D eigenvalue weighted by Gasteiger charge is -2.43. The third kappa shape index (κ3) is 7.13. The maximum atomic E-state index is 12.8. The number of esters is 1. The van der Waals surface area contributed by atoms with Gasteiger partial charge in [-0.2, -0.15) is 0 Å². The van der Waals surface area contributed by atoms with Crippen LogP contribution in [0.5, 0.6) is 0 Å². The Balaban J connectivity index is 2.12. The van der Waals surface area contributed by atoms with Gasteiger partial charge in [0.05, 0.1) is 36.8 Å². The van der Waals surface area contributed by atoms with E-state index in [1.165, 1.54) is 7.11 Å². The Morgan fingerprint density at radius 3 is 2.56 bits per heavy atom. The van der Waals surface area contributed by atoms with Crippen LogP contribution in [0.1, 0.15) is 52.9 Å². The van der Waals surface area contributed by atoms with Crippen LogP contribution in [0.4, 0.5) is 0 Å². The Bertz CT molecular complexity index is 713. The number of ether oxygens (including phenoxy) is 2. The summed E-state index contributed by atoms with van der Waals surface area (Å²) in [7, 11) is 1.53. The number of methoxy groups -OCH3 is 1. The van der Waals surface area contributed by atoms with Gasteiger partial charge in [-0.25, -0.2) is 0 Å². The number of rotatable bonds is 11. The van der Waals surface area contributed by atoms with Crippen LogP contribution in [-0.2, 0) is 19.1 Å². The van der Waals surface area contributed by atoms with Crippen LogP contribution >= 0.6 is 0 Å². The minimum absolute atomic E-state index is 0.00105. The summed E-state index contributed by atoms with van der Waals surface area (Å²) in [6.45, 7) is 5.81. The molecule has 0 aromatic rings. The van der Waals surface area contributed by atoms with Gasteiger partial charge in [-0.15, -0.1) is 0 Å². The highest BCUT2D eigenvalue weighted by atomic mass is 16.5. The first kappa shape index (κ1) is 26.5. The number of allylic oxidation sites excluding steroid dienone is 2. The van der Waals surface area contributed by atoms with Crippen molar-refractivity contribution in [3.8, 4) is 0 Å². The van der Waals surface area contributed by atoms with Gasteiger partial charge in [0, 0.05) is 19.4 Å². The SMILES string of the molecule is COCC(C)(C)C(=O)O[C@H]1C[C@H](O)C=C2C=C[C@H](C)[C@H](CC[C@@H](O)C[C@@H](O)CC(=O)O)[C@H]21. The fourth-order valence-electron chi connectivity index (χ4n) is 4.81. The van der Waals surface area contributed by atoms with Crippen LogP contribution < -0.4 is 0 Å². The van der Waals surface area contributed by atoms with Crippen LogP contribution in [0.2, 0.25) is 0 Å². The average molecular weight is 455 g/mol. The number of aliphatic hydroxyl groups excluding tert-OH is 3. The predicted molar refractivity (Wildman–Crippen MR) is 118 cm³/mol. The second-order valence-electron chi connectivity index (χ2n) is 9.86. The predicted octanol–water partition coefficient (Wildman–Crippen LogP) is 2.07. The third-order valence-corrected chi connectivity index (χ3v) is 6.48. The topological polar surface area (TPSA) is 134 Å². The van der Waals surface area contributed by atoms with E-state index in [0.29, 0.717) is 19.3 Å². The molecule has 0 aromatic heterocycles. The summed E-state index contributed by atoms with van der Waals surface area (Å²) in [5.41, 5.74) is 0.109. The maximum absolute atomic E-state index is 12.8. The van der Waals surface area contributed by atoms with E-state index >= 15 is 0 Å². The Kier molecular flexibility index (Phi) is 9.45. The van der Waals surface area contributed by atoms with E-state index in [0.717, 1.165) is 5.57 Å². The molecular formula is C24H38O8. The fourth-order valence-corrected chi connectivity index (χ4v) is 4.81. The van der Waals surface area contributed by atoms with Crippen molar-refractivity contribution < 1.29 is 39.5 Å². The fraction of sp³-hybridized carbons (Fsp3) is 0.750. The largest absolute Gasteiger partial charge is 0.481 e. The summed E-state index contributed by atoms with van der Waals surface area (Å²) >= 11 is 0. The van der Waals surface area contributed by atoms with Gasteiger partial charge in [0.1, 0.15) is 6.10 Å². The van der Waals surface area contributed by atoms with Gasteiger partial charge in [-0.05, 0) is 50.5 Å². The lowest BCUT2D eigenvalue weighted by molar-refractivity contribution is -0.168. The summed E-state index contributed by atoms with van der Waals surface area (Å²) < 4.78 is 11.1. The quantitative estimate of drug-likeness (QED) is 0.349. The van der Waals surface area contributed by atoms with Crippen molar-refractivity contribution in [2.75, 3.05) is 13.7 Å². The summed E-state index contributed by atoms with van der Waals surface area (Å²) in [6.07, 6.45) is 3.61. The molecule has 4 N–H and O–H groups in total. The maximum Gasteiger partial charge on any atom is 0.314 e. The number of hydrogen-bond acceptors (Lipinski definition) is 7. The first-order valence-corrected chi connectivity index (χ1v) is 11.3. The number of aliphatic carboxylic acids is 1. The number of hydrogen-bond donors (Lipinski definition) is 4. The summed E-state index contributed by atoms with van der Waals surface area (Å²) in [5.74, 6) is -1.37. The first-order chi connectivity index (χ1) is 14.9. The van der Waals surface area contributed by atoms with E-state index in [-0.39, 0.29) is 36.8 Å². The van der Waals surface area contributed by atoms with E-state index < -0.39 is 42.2 Å². The summed E-state index contributed by atoms with van der Waals surface area (Å²) in [6, 6.07) is 0. The van der Waals surface area contributed by atoms with E-state index in [1.54, 1.807) is 19.9 Å². The van der Waals surface area contributed by atoms with Crippen LogP contribution in [0, 0.1) is 23.2 Å². The molecule has 0 bridgehead atoms. The standard InChI is InChI=1S/C24H38O8/c1-14-5-6-15-9-17(26)11-20(32-23(30)24(2,3)13-31-4)22(15)19(14)8-7-16(25)10-18(27)12-21(28)29/h5-6,9,14,16-20,22,25-27H,7-8,10-13H2,1-4H3,(H,28,29)/t14-,16+,17+,18+,19-,20-,22-/m0/s1. The molecule has 0 aromatic carbocycles. The Labute approximate surface area is 189 Å². The van der Waals surface area contributed by atoms with Crippen molar-refractivity contribution >= 4 is 11.9 Å². The summed E-state index contributed by atoms with van der Waals surface area (Å²) in [5, 5.41) is 39.3. The minimum Gasteiger partial charge on any atom is -0.481 e. The third-order valence-electron chi connectivity index (χ3n) is 6.48. The van der Waals surface area contributed by atoms with Gasteiger partial charge in [0.2, 0.25) is 0 Å².